The number of hydrogen-bond donors (Lipinski definition) is 1. The summed E-state index contributed by atoms with van der Waals surface area (Å²) < 4.78 is 10.7. The second kappa shape index (κ2) is 8.91. The highest BCUT2D eigenvalue weighted by molar-refractivity contribution is 6.30. The minimum absolute atomic E-state index is 0.141. The lowest BCUT2D eigenvalue weighted by Crippen LogP contribution is -2.04. The first-order chi connectivity index (χ1) is 13.1. The summed E-state index contributed by atoms with van der Waals surface area (Å²) >= 11 is 5.88. The van der Waals surface area contributed by atoms with Crippen LogP contribution in [0.1, 0.15) is 36.7 Å². The maximum atomic E-state index is 11.5. The first kappa shape index (κ1) is 19.2. The molecule has 0 aliphatic rings. The van der Waals surface area contributed by atoms with E-state index in [1.165, 1.54) is 5.56 Å². The number of carbonyl (C=O) groups is 1. The van der Waals surface area contributed by atoms with E-state index in [-0.39, 0.29) is 5.97 Å². The molecular weight excluding hydrogens is 364 g/mol. The Kier molecular flexibility index (Phi) is 6.35. The molecule has 3 aromatic rings. The number of esters is 1. The van der Waals surface area contributed by atoms with Crippen LogP contribution in [0, 0.1) is 6.92 Å². The Hall–Kier alpha value is -2.53. The number of nitrogens with one attached hydrogen (secondary N) is 1. The maximum absolute atomic E-state index is 11.5. The molecule has 3 rings (SSSR count). The van der Waals surface area contributed by atoms with Crippen molar-refractivity contribution in [3.05, 3.63) is 58.4 Å². The van der Waals surface area contributed by atoms with E-state index in [4.69, 9.17) is 21.1 Å². The van der Waals surface area contributed by atoms with Gasteiger partial charge in [-0.2, -0.15) is 0 Å². The van der Waals surface area contributed by atoms with Crippen LogP contribution in [-0.2, 0) is 22.6 Å². The molecule has 0 spiro atoms. The number of benzene rings is 2. The van der Waals surface area contributed by atoms with Gasteiger partial charge >= 0.3 is 5.97 Å². The van der Waals surface area contributed by atoms with E-state index in [1.807, 2.05) is 25.1 Å². The average Bonchev–Trinajstić information content (AvgIpc) is 3.07. The van der Waals surface area contributed by atoms with Gasteiger partial charge in [-0.15, -0.1) is 0 Å². The van der Waals surface area contributed by atoms with E-state index < -0.39 is 0 Å². The molecule has 2 aromatic carbocycles. The fourth-order valence-electron chi connectivity index (χ4n) is 2.98. The van der Waals surface area contributed by atoms with Crippen molar-refractivity contribution >= 4 is 28.6 Å². The number of fused-ring (bicyclic) bond motifs is 1. The fraction of sp³-hybridized carbons (Fsp3) is 0.333. The van der Waals surface area contributed by atoms with Gasteiger partial charge in [0.15, 0.2) is 0 Å². The molecule has 0 saturated carbocycles. The Morgan fingerprint density at radius 1 is 1.19 bits per heavy atom. The van der Waals surface area contributed by atoms with Crippen molar-refractivity contribution in [2.75, 3.05) is 6.61 Å². The summed E-state index contributed by atoms with van der Waals surface area (Å²) in [4.78, 5) is 19.5. The summed E-state index contributed by atoms with van der Waals surface area (Å²) in [6.45, 7) is 4.67. The topological polar surface area (TPSA) is 64.2 Å². The van der Waals surface area contributed by atoms with Crippen molar-refractivity contribution in [3.8, 4) is 5.75 Å². The summed E-state index contributed by atoms with van der Waals surface area (Å²) in [6.07, 6.45) is 2.03. The molecule has 0 aliphatic heterocycles. The lowest BCUT2D eigenvalue weighted by Gasteiger charge is -2.06. The number of nitrogens with zero attached hydrogens (tertiary/aromatic N) is 1. The number of aromatic amines is 1. The Labute approximate surface area is 163 Å². The summed E-state index contributed by atoms with van der Waals surface area (Å²) in [5.74, 6) is 1.38. The van der Waals surface area contributed by atoms with Crippen LogP contribution in [0.5, 0.6) is 5.75 Å². The van der Waals surface area contributed by atoms with Crippen LogP contribution in [0.3, 0.4) is 0 Å². The SMILES string of the molecule is CCOC(=O)CCCc1ccc2[nH]c(COc3ccc(Cl)cc3)nc2c1C. The van der Waals surface area contributed by atoms with Crippen molar-refractivity contribution in [1.82, 2.24) is 9.97 Å². The molecular formula is C21H23ClN2O3. The summed E-state index contributed by atoms with van der Waals surface area (Å²) in [5, 5.41) is 0.678. The monoisotopic (exact) mass is 386 g/mol. The molecule has 142 valence electrons. The fourth-order valence-corrected chi connectivity index (χ4v) is 3.11. The molecule has 27 heavy (non-hydrogen) atoms. The normalized spacial score (nSPS) is 10.9. The zero-order valence-electron chi connectivity index (χ0n) is 15.5. The van der Waals surface area contributed by atoms with Gasteiger partial charge in [0.1, 0.15) is 18.2 Å². The predicted molar refractivity (Wildman–Crippen MR) is 106 cm³/mol. The van der Waals surface area contributed by atoms with Crippen molar-refractivity contribution < 1.29 is 14.3 Å². The van der Waals surface area contributed by atoms with Crippen LogP contribution in [0.25, 0.3) is 11.0 Å². The van der Waals surface area contributed by atoms with Gasteiger partial charge in [0.2, 0.25) is 0 Å². The van der Waals surface area contributed by atoms with Crippen molar-refractivity contribution in [3.63, 3.8) is 0 Å². The molecule has 1 heterocycles. The van der Waals surface area contributed by atoms with Crippen molar-refractivity contribution in [1.29, 1.82) is 0 Å². The third-order valence-corrected chi connectivity index (χ3v) is 4.64. The van der Waals surface area contributed by atoms with E-state index in [0.29, 0.717) is 24.7 Å². The van der Waals surface area contributed by atoms with Crippen LogP contribution < -0.4 is 4.74 Å². The number of halogens is 1. The van der Waals surface area contributed by atoms with E-state index in [2.05, 4.69) is 23.0 Å². The third-order valence-electron chi connectivity index (χ3n) is 4.39. The molecule has 0 aliphatic carbocycles. The van der Waals surface area contributed by atoms with Crippen molar-refractivity contribution in [2.45, 2.75) is 39.7 Å². The molecule has 0 unspecified atom stereocenters. The molecule has 0 amide bonds. The molecule has 0 saturated heterocycles. The minimum atomic E-state index is -0.141. The van der Waals surface area contributed by atoms with Gasteiger partial charge in [0, 0.05) is 11.4 Å². The van der Waals surface area contributed by atoms with Gasteiger partial charge in [-0.05, 0) is 68.1 Å². The smallest absolute Gasteiger partial charge is 0.305 e. The number of H-pyrrole nitrogens is 1. The van der Waals surface area contributed by atoms with E-state index in [9.17, 15) is 4.79 Å². The summed E-state index contributed by atoms with van der Waals surface area (Å²) in [6, 6.07) is 11.4. The molecule has 5 nitrogen and oxygen atoms in total. The van der Waals surface area contributed by atoms with Crippen LogP contribution >= 0.6 is 11.6 Å². The van der Waals surface area contributed by atoms with Gasteiger partial charge in [-0.3, -0.25) is 4.79 Å². The van der Waals surface area contributed by atoms with E-state index >= 15 is 0 Å². The quantitative estimate of drug-likeness (QED) is 0.554. The predicted octanol–water partition coefficient (Wildman–Crippen LogP) is 4.99. The Morgan fingerprint density at radius 3 is 2.70 bits per heavy atom. The van der Waals surface area contributed by atoms with Gasteiger partial charge in [0.25, 0.3) is 0 Å². The zero-order valence-corrected chi connectivity index (χ0v) is 16.3. The Balaban J connectivity index is 1.65. The van der Waals surface area contributed by atoms with Gasteiger partial charge < -0.3 is 14.5 Å². The number of aryl methyl sites for hydroxylation is 2. The second-order valence-electron chi connectivity index (χ2n) is 6.33. The third kappa shape index (κ3) is 5.01. The second-order valence-corrected chi connectivity index (χ2v) is 6.77. The molecule has 0 atom stereocenters. The largest absolute Gasteiger partial charge is 0.486 e. The Morgan fingerprint density at radius 2 is 1.96 bits per heavy atom. The molecule has 0 radical (unpaired) electrons. The van der Waals surface area contributed by atoms with Crippen LogP contribution in [0.15, 0.2) is 36.4 Å². The Bertz CT molecular complexity index is 919. The summed E-state index contributed by atoms with van der Waals surface area (Å²) in [7, 11) is 0. The van der Waals surface area contributed by atoms with Gasteiger partial charge in [-0.25, -0.2) is 4.98 Å². The standard InChI is InChI=1S/C21H23ClN2O3/c1-3-26-20(25)6-4-5-15-7-12-18-21(14(15)2)24-19(23-18)13-27-17-10-8-16(22)9-11-17/h7-12H,3-6,13H2,1-2H3,(H,23,24). The van der Waals surface area contributed by atoms with E-state index in [0.717, 1.165) is 41.0 Å². The number of hydrogen-bond acceptors (Lipinski definition) is 4. The lowest BCUT2D eigenvalue weighted by atomic mass is 10.0. The van der Waals surface area contributed by atoms with E-state index in [1.54, 1.807) is 12.1 Å². The highest BCUT2D eigenvalue weighted by Crippen LogP contribution is 2.22. The number of aromatic nitrogens is 2. The molecule has 0 bridgehead atoms. The molecule has 1 N–H and O–H groups in total. The number of rotatable bonds is 8. The first-order valence-corrected chi connectivity index (χ1v) is 9.45. The average molecular weight is 387 g/mol. The maximum Gasteiger partial charge on any atom is 0.305 e. The number of carbonyl (C=O) groups excluding carboxylic acids is 1. The van der Waals surface area contributed by atoms with Crippen LogP contribution in [0.4, 0.5) is 0 Å². The molecule has 1 aromatic heterocycles. The molecule has 0 fully saturated rings. The number of imidazole rings is 1. The minimum Gasteiger partial charge on any atom is -0.486 e. The highest BCUT2D eigenvalue weighted by atomic mass is 35.5. The van der Waals surface area contributed by atoms with Crippen molar-refractivity contribution in [2.24, 2.45) is 0 Å². The highest BCUT2D eigenvalue weighted by Gasteiger charge is 2.10. The number of ether oxygens (including phenoxy) is 2. The zero-order chi connectivity index (χ0) is 19.2. The summed E-state index contributed by atoms with van der Waals surface area (Å²) in [5.41, 5.74) is 4.25. The van der Waals surface area contributed by atoms with Gasteiger partial charge in [0.05, 0.1) is 17.6 Å². The first-order valence-electron chi connectivity index (χ1n) is 9.08. The molecule has 6 heteroatoms. The van der Waals surface area contributed by atoms with Crippen LogP contribution in [-0.4, -0.2) is 22.5 Å². The van der Waals surface area contributed by atoms with Crippen LogP contribution in [0.2, 0.25) is 5.02 Å². The lowest BCUT2D eigenvalue weighted by molar-refractivity contribution is -0.143. The van der Waals surface area contributed by atoms with Gasteiger partial charge in [-0.1, -0.05) is 17.7 Å².